The van der Waals surface area contributed by atoms with Gasteiger partial charge in [-0.05, 0) is 31.2 Å². The van der Waals surface area contributed by atoms with Gasteiger partial charge in [-0.25, -0.2) is 0 Å². The van der Waals surface area contributed by atoms with Crippen molar-refractivity contribution in [3.8, 4) is 0 Å². The van der Waals surface area contributed by atoms with Crippen molar-refractivity contribution in [1.29, 1.82) is 0 Å². The second-order valence-electron chi connectivity index (χ2n) is 4.99. The molecule has 0 saturated carbocycles. The Morgan fingerprint density at radius 2 is 0.917 bits per heavy atom. The topological polar surface area (TPSA) is 6.48 Å². The van der Waals surface area contributed by atoms with Gasteiger partial charge in [-0.1, -0.05) is 72.2 Å². The van der Waals surface area contributed by atoms with Gasteiger partial charge in [0.15, 0.2) is 0 Å². The molecule has 134 valence electrons. The van der Waals surface area contributed by atoms with E-state index in [1.807, 2.05) is 27.7 Å². The van der Waals surface area contributed by atoms with Crippen LogP contribution in [0.5, 0.6) is 0 Å². The minimum Gasteiger partial charge on any atom is -0.341 e. The first-order valence-corrected chi connectivity index (χ1v) is 9.43. The number of nitrogens with zero attached hydrogens (tertiary/aromatic N) is 2. The Kier molecular flexibility index (Phi) is 11.4. The van der Waals surface area contributed by atoms with Crippen molar-refractivity contribution in [2.75, 3.05) is 23.4 Å². The van der Waals surface area contributed by atoms with Crippen LogP contribution in [0.1, 0.15) is 54.9 Å². The van der Waals surface area contributed by atoms with Crippen LogP contribution in [0.4, 0.5) is 22.7 Å². The van der Waals surface area contributed by atoms with Gasteiger partial charge in [-0.3, -0.25) is 0 Å². The molecule has 1 aliphatic rings. The standard InChI is InChI=1S/C15H16N2.C3H8.2C2H6/c1-3-17-14-10-6-4-8-12(14)16(2)13-9-5-7-11-15(13)17;1-3-2;2*1-2/h4-11H,3H2,1-2H3;3H2,1-2H3;2*1-2H3. The Labute approximate surface area is 150 Å². The van der Waals surface area contributed by atoms with Crippen LogP contribution in [0.2, 0.25) is 0 Å². The molecule has 0 atom stereocenters. The third-order valence-corrected chi connectivity index (χ3v) is 3.38. The lowest BCUT2D eigenvalue weighted by atomic mass is 10.1. The molecule has 0 N–H and O–H groups in total. The summed E-state index contributed by atoms with van der Waals surface area (Å²) in [5, 5.41) is 0. The van der Waals surface area contributed by atoms with Crippen LogP contribution < -0.4 is 9.80 Å². The number of para-hydroxylation sites is 4. The van der Waals surface area contributed by atoms with Crippen LogP contribution in [0, 0.1) is 0 Å². The largest absolute Gasteiger partial charge is 0.341 e. The fourth-order valence-corrected chi connectivity index (χ4v) is 2.55. The molecule has 24 heavy (non-hydrogen) atoms. The SMILES string of the molecule is CC.CC.CCC.CCN1c2ccccc2N(C)c2ccccc21. The van der Waals surface area contributed by atoms with Crippen LogP contribution in [0.15, 0.2) is 48.5 Å². The van der Waals surface area contributed by atoms with Crippen LogP contribution in [0.3, 0.4) is 0 Å². The fraction of sp³-hybridized carbons (Fsp3) is 0.455. The van der Waals surface area contributed by atoms with E-state index in [9.17, 15) is 0 Å². The molecular formula is C22H36N2. The molecule has 0 aromatic heterocycles. The van der Waals surface area contributed by atoms with Gasteiger partial charge in [-0.15, -0.1) is 0 Å². The van der Waals surface area contributed by atoms with Crippen molar-refractivity contribution < 1.29 is 0 Å². The predicted molar refractivity (Wildman–Crippen MR) is 112 cm³/mol. The van der Waals surface area contributed by atoms with Crippen molar-refractivity contribution in [3.63, 3.8) is 0 Å². The number of rotatable bonds is 1. The quantitative estimate of drug-likeness (QED) is 0.538. The second-order valence-corrected chi connectivity index (χ2v) is 4.99. The van der Waals surface area contributed by atoms with Gasteiger partial charge in [0.05, 0.1) is 22.7 Å². The fourth-order valence-electron chi connectivity index (χ4n) is 2.55. The molecule has 0 bridgehead atoms. The van der Waals surface area contributed by atoms with E-state index in [2.05, 4.69) is 86.1 Å². The zero-order chi connectivity index (χ0) is 18.5. The van der Waals surface area contributed by atoms with Gasteiger partial charge >= 0.3 is 0 Å². The van der Waals surface area contributed by atoms with Crippen LogP contribution >= 0.6 is 0 Å². The van der Waals surface area contributed by atoms with Gasteiger partial charge in [-0.2, -0.15) is 0 Å². The number of hydrogen-bond acceptors (Lipinski definition) is 2. The Bertz CT molecular complexity index is 516. The molecule has 1 aliphatic heterocycles. The molecule has 2 heteroatoms. The first-order valence-electron chi connectivity index (χ1n) is 9.43. The summed E-state index contributed by atoms with van der Waals surface area (Å²) in [6.45, 7) is 15.4. The first kappa shape index (κ1) is 22.0. The van der Waals surface area contributed by atoms with Crippen molar-refractivity contribution >= 4 is 22.7 Å². The van der Waals surface area contributed by atoms with Crippen molar-refractivity contribution in [2.45, 2.75) is 54.9 Å². The lowest BCUT2D eigenvalue weighted by Gasteiger charge is -2.37. The maximum Gasteiger partial charge on any atom is 0.0652 e. The highest BCUT2D eigenvalue weighted by Gasteiger charge is 2.23. The summed E-state index contributed by atoms with van der Waals surface area (Å²) in [5.41, 5.74) is 5.12. The van der Waals surface area contributed by atoms with Gasteiger partial charge in [0, 0.05) is 13.6 Å². The highest BCUT2D eigenvalue weighted by Crippen LogP contribution is 2.46. The smallest absolute Gasteiger partial charge is 0.0652 e. The minimum absolute atomic E-state index is 0.988. The van der Waals surface area contributed by atoms with E-state index in [0.29, 0.717) is 0 Å². The molecule has 0 fully saturated rings. The second kappa shape index (κ2) is 12.5. The lowest BCUT2D eigenvalue weighted by molar-refractivity contribution is 0.989. The Hall–Kier alpha value is -1.96. The van der Waals surface area contributed by atoms with E-state index in [1.54, 1.807) is 0 Å². The van der Waals surface area contributed by atoms with Crippen LogP contribution in [0.25, 0.3) is 0 Å². The zero-order valence-corrected chi connectivity index (χ0v) is 16.9. The molecule has 0 radical (unpaired) electrons. The van der Waals surface area contributed by atoms with Crippen molar-refractivity contribution in [2.24, 2.45) is 0 Å². The minimum atomic E-state index is 0.988. The van der Waals surface area contributed by atoms with Gasteiger partial charge in [0.2, 0.25) is 0 Å². The summed E-state index contributed by atoms with van der Waals surface area (Å²) in [4.78, 5) is 4.63. The van der Waals surface area contributed by atoms with E-state index in [0.717, 1.165) is 6.54 Å². The lowest BCUT2D eigenvalue weighted by Crippen LogP contribution is -2.26. The monoisotopic (exact) mass is 328 g/mol. The normalized spacial score (nSPS) is 10.7. The average molecular weight is 329 g/mol. The number of hydrogen-bond donors (Lipinski definition) is 0. The van der Waals surface area contributed by atoms with E-state index < -0.39 is 0 Å². The molecular weight excluding hydrogens is 292 g/mol. The van der Waals surface area contributed by atoms with Crippen LogP contribution in [-0.4, -0.2) is 13.6 Å². The highest BCUT2D eigenvalue weighted by molar-refractivity contribution is 5.92. The predicted octanol–water partition coefficient (Wildman–Crippen LogP) is 7.39. The molecule has 1 heterocycles. The summed E-state index contributed by atoms with van der Waals surface area (Å²) in [7, 11) is 2.13. The number of anilines is 4. The summed E-state index contributed by atoms with van der Waals surface area (Å²) in [6.07, 6.45) is 1.25. The highest BCUT2D eigenvalue weighted by atomic mass is 15.3. The van der Waals surface area contributed by atoms with E-state index in [4.69, 9.17) is 0 Å². The van der Waals surface area contributed by atoms with Crippen molar-refractivity contribution in [3.05, 3.63) is 48.5 Å². The maximum absolute atomic E-state index is 2.37. The molecule has 2 aromatic rings. The summed E-state index contributed by atoms with van der Waals surface area (Å²) in [5.74, 6) is 0. The summed E-state index contributed by atoms with van der Waals surface area (Å²) in [6, 6.07) is 17.1. The third-order valence-electron chi connectivity index (χ3n) is 3.38. The molecule has 3 rings (SSSR count). The maximum atomic E-state index is 2.37. The molecule has 0 spiro atoms. The van der Waals surface area contributed by atoms with Gasteiger partial charge in [0.1, 0.15) is 0 Å². The number of fused-ring (bicyclic) bond motifs is 2. The van der Waals surface area contributed by atoms with E-state index in [1.165, 1.54) is 29.2 Å². The zero-order valence-electron chi connectivity index (χ0n) is 16.9. The molecule has 2 aromatic carbocycles. The Morgan fingerprint density at radius 3 is 1.21 bits per heavy atom. The third kappa shape index (κ3) is 5.02. The Balaban J connectivity index is 0.000000667. The van der Waals surface area contributed by atoms with E-state index >= 15 is 0 Å². The Morgan fingerprint density at radius 1 is 0.625 bits per heavy atom. The van der Waals surface area contributed by atoms with Gasteiger partial charge in [0.25, 0.3) is 0 Å². The molecule has 0 unspecified atom stereocenters. The number of benzene rings is 2. The first-order chi connectivity index (χ1) is 11.7. The molecule has 0 aliphatic carbocycles. The molecule has 0 amide bonds. The van der Waals surface area contributed by atoms with Crippen LogP contribution in [-0.2, 0) is 0 Å². The summed E-state index contributed by atoms with van der Waals surface area (Å²) >= 11 is 0. The van der Waals surface area contributed by atoms with Gasteiger partial charge < -0.3 is 9.80 Å². The van der Waals surface area contributed by atoms with Crippen molar-refractivity contribution in [1.82, 2.24) is 0 Å². The average Bonchev–Trinajstić information content (AvgIpc) is 2.66. The summed E-state index contributed by atoms with van der Waals surface area (Å²) < 4.78 is 0. The molecule has 0 saturated heterocycles. The molecule has 2 nitrogen and oxygen atoms in total. The van der Waals surface area contributed by atoms with E-state index in [-0.39, 0.29) is 0 Å².